The van der Waals surface area contributed by atoms with Crippen LogP contribution in [0.25, 0.3) is 0 Å². The fourth-order valence-corrected chi connectivity index (χ4v) is 10.1. The number of fused-ring (bicyclic) bond motifs is 5. The summed E-state index contributed by atoms with van der Waals surface area (Å²) in [5.41, 5.74) is -4.46. The smallest absolute Gasteiger partial charge is 0.331 e. The van der Waals surface area contributed by atoms with E-state index in [-0.39, 0.29) is 38.2 Å². The highest BCUT2D eigenvalue weighted by Crippen LogP contribution is 2.70. The molecule has 4 aliphatic carbocycles. The zero-order chi connectivity index (χ0) is 29.7. The highest BCUT2D eigenvalue weighted by Gasteiger charge is 2.75. The van der Waals surface area contributed by atoms with Gasteiger partial charge in [0.05, 0.1) is 47.6 Å². The van der Waals surface area contributed by atoms with E-state index in [0.29, 0.717) is 19.3 Å². The van der Waals surface area contributed by atoms with Crippen molar-refractivity contribution in [1.82, 2.24) is 0 Å². The van der Waals surface area contributed by atoms with Crippen LogP contribution in [0.2, 0.25) is 0 Å². The molecule has 5 fully saturated rings. The molecular weight excluding hydrogens is 540 g/mol. The van der Waals surface area contributed by atoms with E-state index in [1.807, 2.05) is 6.92 Å². The van der Waals surface area contributed by atoms with Crippen molar-refractivity contribution >= 4 is 5.97 Å². The van der Waals surface area contributed by atoms with Crippen molar-refractivity contribution in [2.75, 3.05) is 13.2 Å². The maximum absolute atomic E-state index is 12.4. The molecule has 6 aliphatic rings. The number of cyclic esters (lactones) is 1. The summed E-state index contributed by atoms with van der Waals surface area (Å²) in [5, 5.41) is 89.6. The highest BCUT2D eigenvalue weighted by molar-refractivity contribution is 5.85. The molecule has 0 bridgehead atoms. The molecular formula is C29H44O12. The summed E-state index contributed by atoms with van der Waals surface area (Å²) < 4.78 is 16.7. The van der Waals surface area contributed by atoms with Crippen molar-refractivity contribution < 1.29 is 59.9 Å². The number of aliphatic hydroxyl groups excluding tert-OH is 6. The minimum atomic E-state index is -1.67. The fourth-order valence-electron chi connectivity index (χ4n) is 10.1. The van der Waals surface area contributed by atoms with Crippen LogP contribution in [0.3, 0.4) is 0 Å². The van der Waals surface area contributed by atoms with Crippen molar-refractivity contribution in [3.05, 3.63) is 11.6 Å². The summed E-state index contributed by atoms with van der Waals surface area (Å²) >= 11 is 0. The number of carbonyl (C=O) groups is 1. The van der Waals surface area contributed by atoms with Crippen LogP contribution in [0.4, 0.5) is 0 Å². The molecule has 6 rings (SSSR count). The Morgan fingerprint density at radius 2 is 1.76 bits per heavy atom. The quantitative estimate of drug-likeness (QED) is 0.140. The van der Waals surface area contributed by atoms with Gasteiger partial charge in [-0.15, -0.1) is 0 Å². The first-order valence-electron chi connectivity index (χ1n) is 14.9. The topological polar surface area (TPSA) is 207 Å². The van der Waals surface area contributed by atoms with Gasteiger partial charge >= 0.3 is 5.97 Å². The second-order valence-corrected chi connectivity index (χ2v) is 13.8. The van der Waals surface area contributed by atoms with Gasteiger partial charge in [-0.3, -0.25) is 0 Å². The lowest BCUT2D eigenvalue weighted by Gasteiger charge is -2.68. The van der Waals surface area contributed by atoms with Crippen molar-refractivity contribution in [1.29, 1.82) is 0 Å². The normalized spacial score (nSPS) is 56.9. The monoisotopic (exact) mass is 584 g/mol. The summed E-state index contributed by atoms with van der Waals surface area (Å²) in [4.78, 5) is 11.8. The first-order valence-corrected chi connectivity index (χ1v) is 14.9. The molecule has 4 saturated carbocycles. The van der Waals surface area contributed by atoms with Gasteiger partial charge in [-0.25, -0.2) is 4.79 Å². The summed E-state index contributed by atoms with van der Waals surface area (Å²) in [5.74, 6) is -1.93. The van der Waals surface area contributed by atoms with Gasteiger partial charge in [0.15, 0.2) is 6.29 Å². The zero-order valence-electron chi connectivity index (χ0n) is 23.5. The Labute approximate surface area is 238 Å². The molecule has 0 spiro atoms. The van der Waals surface area contributed by atoms with E-state index in [1.54, 1.807) is 0 Å². The third-order valence-electron chi connectivity index (χ3n) is 12.2. The Bertz CT molecular complexity index is 1080. The Morgan fingerprint density at radius 1 is 1.02 bits per heavy atom. The molecule has 15 atom stereocenters. The van der Waals surface area contributed by atoms with E-state index in [1.165, 1.54) is 13.0 Å². The van der Waals surface area contributed by atoms with Gasteiger partial charge in [0.25, 0.3) is 0 Å². The van der Waals surface area contributed by atoms with Crippen LogP contribution in [-0.4, -0.2) is 120 Å². The Balaban J connectivity index is 1.28. The standard InChI is InChI=1S/C29H44O12/c1-13-22(34)23(35)24(36)25(40-13)41-15-8-19(32)28(12-30)21-17(3-5-27(28,37)9-15)29(38)6-4-16(14-7-20(33)39-11-14)26(29,2)10-18(21)31/h7,13,15-19,21-25,30-32,34-38H,3-6,8-12H2,1-2H3/t13?,15-,16+,17+,18+,19+,21?,22?,23?,24?,25?,26+,27-,28+,29-/m0/s1. The highest BCUT2D eigenvalue weighted by atomic mass is 16.7. The largest absolute Gasteiger partial charge is 0.458 e. The fraction of sp³-hybridized carbons (Fsp3) is 0.897. The molecule has 0 aromatic rings. The first-order chi connectivity index (χ1) is 19.2. The second-order valence-electron chi connectivity index (χ2n) is 13.8. The van der Waals surface area contributed by atoms with E-state index in [4.69, 9.17) is 14.2 Å². The Hall–Kier alpha value is -1.19. The molecule has 0 aromatic carbocycles. The summed E-state index contributed by atoms with van der Waals surface area (Å²) in [7, 11) is 0. The van der Waals surface area contributed by atoms with Crippen molar-refractivity contribution in [3.8, 4) is 0 Å². The van der Waals surface area contributed by atoms with E-state index in [2.05, 4.69) is 0 Å². The average Bonchev–Trinajstić information content (AvgIpc) is 3.45. The van der Waals surface area contributed by atoms with E-state index in [0.717, 1.165) is 5.57 Å². The number of hydrogen-bond donors (Lipinski definition) is 8. The molecule has 41 heavy (non-hydrogen) atoms. The number of rotatable bonds is 4. The van der Waals surface area contributed by atoms with E-state index in [9.17, 15) is 45.6 Å². The SMILES string of the molecule is CC1OC(O[C@H]2C[C@@H](O)[C@]3(CO)C4[C@H](O)C[C@]5(C)[C@@H](C6=CC(=O)OC6)CC[C@]5(O)[C@@H]4CC[C@]3(O)C2)C(O)C(O)C1O. The van der Waals surface area contributed by atoms with Gasteiger partial charge in [-0.05, 0) is 56.4 Å². The zero-order valence-corrected chi connectivity index (χ0v) is 23.5. The van der Waals surface area contributed by atoms with Gasteiger partial charge in [-0.1, -0.05) is 6.92 Å². The number of carbonyl (C=O) groups excluding carboxylic acids is 1. The number of hydrogen-bond acceptors (Lipinski definition) is 12. The first kappa shape index (κ1) is 29.9. The number of aliphatic hydroxyl groups is 8. The van der Waals surface area contributed by atoms with Crippen LogP contribution in [0.1, 0.15) is 58.8 Å². The number of esters is 1. The molecule has 0 amide bonds. The minimum absolute atomic E-state index is 0.0369. The van der Waals surface area contributed by atoms with E-state index >= 15 is 0 Å². The molecule has 232 valence electrons. The van der Waals surface area contributed by atoms with Crippen LogP contribution < -0.4 is 0 Å². The predicted octanol–water partition coefficient (Wildman–Crippen LogP) is -1.51. The lowest BCUT2D eigenvalue weighted by Crippen LogP contribution is -2.76. The van der Waals surface area contributed by atoms with Crippen LogP contribution in [0.15, 0.2) is 11.6 Å². The summed E-state index contributed by atoms with van der Waals surface area (Å²) in [6.45, 7) is 3.00. The second kappa shape index (κ2) is 9.91. The van der Waals surface area contributed by atoms with E-state index < -0.39 is 95.5 Å². The molecule has 6 unspecified atom stereocenters. The summed E-state index contributed by atoms with van der Waals surface area (Å²) in [6.07, 6.45) is -6.68. The molecule has 8 N–H and O–H groups in total. The molecule has 0 aromatic heterocycles. The molecule has 1 saturated heterocycles. The molecule has 12 heteroatoms. The third kappa shape index (κ3) is 3.99. The molecule has 2 aliphatic heterocycles. The van der Waals surface area contributed by atoms with Gasteiger partial charge in [-0.2, -0.15) is 0 Å². The molecule has 0 radical (unpaired) electrons. The number of ether oxygens (including phenoxy) is 3. The van der Waals surface area contributed by atoms with Gasteiger partial charge in [0.1, 0.15) is 24.9 Å². The maximum Gasteiger partial charge on any atom is 0.331 e. The van der Waals surface area contributed by atoms with Crippen LogP contribution in [-0.2, 0) is 19.0 Å². The van der Waals surface area contributed by atoms with Crippen molar-refractivity contribution in [3.63, 3.8) is 0 Å². The maximum atomic E-state index is 12.4. The summed E-state index contributed by atoms with van der Waals surface area (Å²) in [6, 6.07) is 0. The molecule has 12 nitrogen and oxygen atoms in total. The Morgan fingerprint density at radius 3 is 2.41 bits per heavy atom. The van der Waals surface area contributed by atoms with Crippen LogP contribution in [0, 0.1) is 28.6 Å². The van der Waals surface area contributed by atoms with Gasteiger partial charge < -0.3 is 55.1 Å². The van der Waals surface area contributed by atoms with Crippen LogP contribution >= 0.6 is 0 Å². The predicted molar refractivity (Wildman–Crippen MR) is 139 cm³/mol. The van der Waals surface area contributed by atoms with Gasteiger partial charge in [0, 0.05) is 30.3 Å². The average molecular weight is 585 g/mol. The van der Waals surface area contributed by atoms with Crippen molar-refractivity contribution in [2.24, 2.45) is 28.6 Å². The van der Waals surface area contributed by atoms with Gasteiger partial charge in [0.2, 0.25) is 0 Å². The van der Waals surface area contributed by atoms with Crippen molar-refractivity contribution in [2.45, 2.75) is 119 Å². The lowest BCUT2D eigenvalue weighted by atomic mass is 9.40. The lowest BCUT2D eigenvalue weighted by molar-refractivity contribution is -0.342. The molecule has 2 heterocycles. The third-order valence-corrected chi connectivity index (χ3v) is 12.2. The Kier molecular flexibility index (Phi) is 7.22. The minimum Gasteiger partial charge on any atom is -0.458 e. The van der Waals surface area contributed by atoms with Crippen LogP contribution in [0.5, 0.6) is 0 Å².